The highest BCUT2D eigenvalue weighted by molar-refractivity contribution is 7.89. The van der Waals surface area contributed by atoms with E-state index >= 15 is 0 Å². The second-order valence-corrected chi connectivity index (χ2v) is 12.5. The van der Waals surface area contributed by atoms with Crippen LogP contribution in [-0.4, -0.2) is 67.7 Å². The number of piperidine rings is 1. The molecule has 3 aromatic carbocycles. The van der Waals surface area contributed by atoms with E-state index in [9.17, 15) is 13.2 Å². The van der Waals surface area contributed by atoms with Crippen LogP contribution >= 0.6 is 0 Å². The highest BCUT2D eigenvalue weighted by Gasteiger charge is 2.37. The summed E-state index contributed by atoms with van der Waals surface area (Å²) >= 11 is 0. The molecule has 5 rings (SSSR count). The lowest BCUT2D eigenvalue weighted by Gasteiger charge is -2.41. The summed E-state index contributed by atoms with van der Waals surface area (Å²) in [6, 6.07) is 26.7. The standard InChI is InChI=1S/C31H37N3O3S/c1-24-15-16-25(2)29(22-24)38(36,37)34-17-9-14-28(23-34)31(35)33-20-18-32(19-21-33)30(26-10-5-3-6-11-26)27-12-7-4-8-13-27/h3-8,10-13,15-16,22,28,30H,9,14,17-21,23H2,1-2H3/t28-/m0/s1. The predicted octanol–water partition coefficient (Wildman–Crippen LogP) is 4.64. The first-order valence-corrected chi connectivity index (χ1v) is 15.0. The lowest BCUT2D eigenvalue weighted by Crippen LogP contribution is -2.53. The highest BCUT2D eigenvalue weighted by Crippen LogP contribution is 2.31. The molecule has 2 saturated heterocycles. The Labute approximate surface area is 226 Å². The maximum Gasteiger partial charge on any atom is 0.243 e. The van der Waals surface area contributed by atoms with Crippen LogP contribution in [0.3, 0.4) is 0 Å². The van der Waals surface area contributed by atoms with Gasteiger partial charge in [-0.1, -0.05) is 72.8 Å². The molecule has 6 nitrogen and oxygen atoms in total. The fourth-order valence-electron chi connectivity index (χ4n) is 5.83. The summed E-state index contributed by atoms with van der Waals surface area (Å²) in [6.07, 6.45) is 1.43. The van der Waals surface area contributed by atoms with Crippen molar-refractivity contribution in [2.24, 2.45) is 5.92 Å². The third-order valence-corrected chi connectivity index (χ3v) is 9.92. The van der Waals surface area contributed by atoms with Crippen LogP contribution in [0, 0.1) is 19.8 Å². The number of amides is 1. The van der Waals surface area contributed by atoms with Gasteiger partial charge in [-0.2, -0.15) is 4.31 Å². The molecule has 0 bridgehead atoms. The number of benzene rings is 3. The van der Waals surface area contributed by atoms with Gasteiger partial charge in [0, 0.05) is 39.3 Å². The third-order valence-electron chi connectivity index (χ3n) is 7.92. The Morgan fingerprint density at radius 2 is 1.42 bits per heavy atom. The van der Waals surface area contributed by atoms with Gasteiger partial charge in [-0.15, -0.1) is 0 Å². The van der Waals surface area contributed by atoms with Crippen LogP contribution in [0.2, 0.25) is 0 Å². The van der Waals surface area contributed by atoms with Crippen LogP contribution in [0.1, 0.15) is 41.1 Å². The van der Waals surface area contributed by atoms with Gasteiger partial charge in [0.05, 0.1) is 16.9 Å². The summed E-state index contributed by atoms with van der Waals surface area (Å²) in [7, 11) is -3.64. The maximum atomic E-state index is 13.6. The van der Waals surface area contributed by atoms with Gasteiger partial charge in [-0.3, -0.25) is 9.69 Å². The molecule has 200 valence electrons. The highest BCUT2D eigenvalue weighted by atomic mass is 32.2. The minimum absolute atomic E-state index is 0.0847. The quantitative estimate of drug-likeness (QED) is 0.465. The molecule has 1 atom stereocenters. The normalized spacial score (nSPS) is 19.6. The number of hydrogen-bond acceptors (Lipinski definition) is 4. The van der Waals surface area contributed by atoms with E-state index in [-0.39, 0.29) is 24.4 Å². The van der Waals surface area contributed by atoms with Gasteiger partial charge in [0.1, 0.15) is 0 Å². The molecule has 0 aromatic heterocycles. The number of nitrogens with zero attached hydrogens (tertiary/aromatic N) is 3. The van der Waals surface area contributed by atoms with E-state index in [1.165, 1.54) is 15.4 Å². The third kappa shape index (κ3) is 5.55. The monoisotopic (exact) mass is 531 g/mol. The molecule has 2 aliphatic heterocycles. The molecule has 3 aromatic rings. The molecule has 2 aliphatic rings. The molecule has 0 spiro atoms. The molecular weight excluding hydrogens is 494 g/mol. The van der Waals surface area contributed by atoms with Crippen LogP contribution < -0.4 is 0 Å². The summed E-state index contributed by atoms with van der Waals surface area (Å²) in [4.78, 5) is 18.3. The maximum absolute atomic E-state index is 13.6. The predicted molar refractivity (Wildman–Crippen MR) is 150 cm³/mol. The lowest BCUT2D eigenvalue weighted by molar-refractivity contribution is -0.138. The van der Waals surface area contributed by atoms with E-state index in [0.717, 1.165) is 30.6 Å². The number of carbonyl (C=O) groups excluding carboxylic acids is 1. The Kier molecular flexibility index (Phi) is 7.98. The second-order valence-electron chi connectivity index (χ2n) is 10.6. The van der Waals surface area contributed by atoms with E-state index in [2.05, 4.69) is 53.4 Å². The zero-order valence-corrected chi connectivity index (χ0v) is 23.1. The largest absolute Gasteiger partial charge is 0.340 e. The van der Waals surface area contributed by atoms with Crippen molar-refractivity contribution in [3.8, 4) is 0 Å². The first-order valence-electron chi connectivity index (χ1n) is 13.5. The number of aryl methyl sites for hydroxylation is 2. The molecule has 0 radical (unpaired) electrons. The van der Waals surface area contributed by atoms with Crippen molar-refractivity contribution < 1.29 is 13.2 Å². The number of hydrogen-bond donors (Lipinski definition) is 0. The Bertz CT molecular complexity index is 1310. The number of carbonyl (C=O) groups is 1. The van der Waals surface area contributed by atoms with Crippen LogP contribution in [0.15, 0.2) is 83.8 Å². The summed E-state index contributed by atoms with van der Waals surface area (Å²) in [5.41, 5.74) is 4.16. The minimum Gasteiger partial charge on any atom is -0.340 e. The Morgan fingerprint density at radius 3 is 2.03 bits per heavy atom. The van der Waals surface area contributed by atoms with E-state index < -0.39 is 10.0 Å². The topological polar surface area (TPSA) is 60.9 Å². The fourth-order valence-corrected chi connectivity index (χ4v) is 7.66. The van der Waals surface area contributed by atoms with Crippen LogP contribution in [-0.2, 0) is 14.8 Å². The van der Waals surface area contributed by atoms with E-state index in [4.69, 9.17) is 0 Å². The van der Waals surface area contributed by atoms with Gasteiger partial charge >= 0.3 is 0 Å². The van der Waals surface area contributed by atoms with Crippen molar-refractivity contribution in [3.63, 3.8) is 0 Å². The van der Waals surface area contributed by atoms with E-state index in [0.29, 0.717) is 31.0 Å². The average Bonchev–Trinajstić information content (AvgIpc) is 2.96. The van der Waals surface area contributed by atoms with Gasteiger partial charge in [0.15, 0.2) is 0 Å². The van der Waals surface area contributed by atoms with Crippen molar-refractivity contribution >= 4 is 15.9 Å². The summed E-state index contributed by atoms with van der Waals surface area (Å²) in [6.45, 7) is 7.30. The molecule has 0 aliphatic carbocycles. The van der Waals surface area contributed by atoms with Crippen LogP contribution in [0.5, 0.6) is 0 Å². The zero-order chi connectivity index (χ0) is 26.7. The minimum atomic E-state index is -3.64. The molecule has 2 heterocycles. The molecule has 1 amide bonds. The first-order chi connectivity index (χ1) is 18.3. The first kappa shape index (κ1) is 26.6. The van der Waals surface area contributed by atoms with Gasteiger partial charge in [0.2, 0.25) is 15.9 Å². The number of piperazine rings is 1. The SMILES string of the molecule is Cc1ccc(C)c(S(=O)(=O)N2CCC[C@H](C(=O)N3CCN(C(c4ccccc4)c4ccccc4)CC3)C2)c1. The fraction of sp³-hybridized carbons (Fsp3) is 0.387. The van der Waals surface area contributed by atoms with Crippen LogP contribution in [0.4, 0.5) is 0 Å². The Hall–Kier alpha value is -3.00. The van der Waals surface area contributed by atoms with E-state index in [1.807, 2.05) is 43.0 Å². The molecule has 0 saturated carbocycles. The summed E-state index contributed by atoms with van der Waals surface area (Å²) in [5.74, 6) is -0.212. The van der Waals surface area contributed by atoms with Crippen molar-refractivity contribution in [2.45, 2.75) is 37.6 Å². The molecule has 7 heteroatoms. The Morgan fingerprint density at radius 1 is 0.816 bits per heavy atom. The second kappa shape index (κ2) is 11.4. The van der Waals surface area contributed by atoms with Gasteiger partial charge < -0.3 is 4.90 Å². The van der Waals surface area contributed by atoms with Gasteiger partial charge in [0.25, 0.3) is 0 Å². The number of sulfonamides is 1. The molecule has 0 unspecified atom stereocenters. The summed E-state index contributed by atoms with van der Waals surface area (Å²) < 4.78 is 28.5. The van der Waals surface area contributed by atoms with Gasteiger partial charge in [-0.05, 0) is 55.0 Å². The smallest absolute Gasteiger partial charge is 0.243 e. The zero-order valence-electron chi connectivity index (χ0n) is 22.3. The van der Waals surface area contributed by atoms with Gasteiger partial charge in [-0.25, -0.2) is 8.42 Å². The van der Waals surface area contributed by atoms with Crippen molar-refractivity contribution in [3.05, 3.63) is 101 Å². The van der Waals surface area contributed by atoms with Crippen molar-refractivity contribution in [2.75, 3.05) is 39.3 Å². The molecule has 2 fully saturated rings. The van der Waals surface area contributed by atoms with Crippen LogP contribution in [0.25, 0.3) is 0 Å². The molecule has 0 N–H and O–H groups in total. The molecule has 38 heavy (non-hydrogen) atoms. The van der Waals surface area contributed by atoms with Crippen molar-refractivity contribution in [1.82, 2.24) is 14.1 Å². The molecular formula is C31H37N3O3S. The average molecular weight is 532 g/mol. The number of rotatable bonds is 6. The lowest BCUT2D eigenvalue weighted by atomic mass is 9.95. The Balaban J connectivity index is 1.26. The van der Waals surface area contributed by atoms with E-state index in [1.54, 1.807) is 6.07 Å². The summed E-state index contributed by atoms with van der Waals surface area (Å²) in [5, 5.41) is 0. The van der Waals surface area contributed by atoms with Crippen molar-refractivity contribution in [1.29, 1.82) is 0 Å².